The predicted molar refractivity (Wildman–Crippen MR) is 119 cm³/mol. The van der Waals surface area contributed by atoms with Crippen molar-refractivity contribution in [3.63, 3.8) is 0 Å². The van der Waals surface area contributed by atoms with E-state index in [9.17, 15) is 9.59 Å². The Kier molecular flexibility index (Phi) is 4.82. The molecule has 1 atom stereocenters. The minimum absolute atomic E-state index is 0.0406. The average Bonchev–Trinajstić information content (AvgIpc) is 3.51. The molecule has 1 aromatic heterocycles. The van der Waals surface area contributed by atoms with Gasteiger partial charge < -0.3 is 4.90 Å². The molecule has 0 N–H and O–H groups in total. The first-order valence-corrected chi connectivity index (χ1v) is 11.3. The molecule has 6 heteroatoms. The standard InChI is InChI=1S/C24H23N3O2S/c1-14(22(29)18-9-10-21-17(13-18)11-12-27(21)15(2)28)30-24-19-5-3-4-6-20(19)25-23(26-24)16-7-8-16/h3-6,9-10,13-14,16H,7-8,11-12H2,1-2H3. The Hall–Kier alpha value is -2.73. The molecule has 5 nitrogen and oxygen atoms in total. The topological polar surface area (TPSA) is 63.2 Å². The van der Waals surface area contributed by atoms with Crippen LogP contribution in [-0.4, -0.2) is 33.5 Å². The van der Waals surface area contributed by atoms with Gasteiger partial charge in [-0.1, -0.05) is 30.0 Å². The molecule has 0 saturated heterocycles. The number of nitrogens with zero attached hydrogens (tertiary/aromatic N) is 3. The van der Waals surface area contributed by atoms with E-state index in [-0.39, 0.29) is 16.9 Å². The fraction of sp³-hybridized carbons (Fsp3) is 0.333. The summed E-state index contributed by atoms with van der Waals surface area (Å²) in [7, 11) is 0. The van der Waals surface area contributed by atoms with Crippen molar-refractivity contribution in [3.8, 4) is 0 Å². The number of hydrogen-bond acceptors (Lipinski definition) is 5. The van der Waals surface area contributed by atoms with Gasteiger partial charge in [-0.3, -0.25) is 9.59 Å². The van der Waals surface area contributed by atoms with Crippen molar-refractivity contribution >= 4 is 40.0 Å². The molecule has 2 heterocycles. The second-order valence-electron chi connectivity index (χ2n) is 8.07. The molecule has 1 aliphatic heterocycles. The number of hydrogen-bond donors (Lipinski definition) is 0. The van der Waals surface area contributed by atoms with Crippen molar-refractivity contribution in [3.05, 3.63) is 59.4 Å². The zero-order chi connectivity index (χ0) is 20.8. The number of carbonyl (C=O) groups excluding carboxylic acids is 2. The molecule has 0 radical (unpaired) electrons. The van der Waals surface area contributed by atoms with Gasteiger partial charge in [-0.15, -0.1) is 0 Å². The summed E-state index contributed by atoms with van der Waals surface area (Å²) >= 11 is 1.51. The van der Waals surface area contributed by atoms with Gasteiger partial charge in [-0.05, 0) is 56.0 Å². The van der Waals surface area contributed by atoms with Crippen LogP contribution in [0.3, 0.4) is 0 Å². The van der Waals surface area contributed by atoms with Crippen molar-refractivity contribution in [1.29, 1.82) is 0 Å². The second kappa shape index (κ2) is 7.51. The molecule has 1 aliphatic carbocycles. The Morgan fingerprint density at radius 1 is 1.13 bits per heavy atom. The van der Waals surface area contributed by atoms with Crippen molar-refractivity contribution in [2.75, 3.05) is 11.4 Å². The van der Waals surface area contributed by atoms with Crippen LogP contribution in [-0.2, 0) is 11.2 Å². The van der Waals surface area contributed by atoms with E-state index in [0.717, 1.165) is 52.3 Å². The highest BCUT2D eigenvalue weighted by Crippen LogP contribution is 2.40. The number of aromatic nitrogens is 2. The first-order chi connectivity index (χ1) is 14.5. The van der Waals surface area contributed by atoms with Crippen LogP contribution in [0.15, 0.2) is 47.5 Å². The van der Waals surface area contributed by atoms with Gasteiger partial charge in [0.2, 0.25) is 5.91 Å². The van der Waals surface area contributed by atoms with E-state index in [1.54, 1.807) is 11.8 Å². The zero-order valence-electron chi connectivity index (χ0n) is 17.1. The Bertz CT molecular complexity index is 1170. The smallest absolute Gasteiger partial charge is 0.223 e. The SMILES string of the molecule is CC(=O)N1CCc2cc(C(=O)C(C)Sc3nc(C4CC4)nc4ccccc34)ccc21. The third kappa shape index (κ3) is 3.49. The number of Topliss-reactive ketones (excluding diaryl/α,β-unsaturated/α-hetero) is 1. The zero-order valence-corrected chi connectivity index (χ0v) is 17.9. The molecule has 0 spiro atoms. The first-order valence-electron chi connectivity index (χ1n) is 10.4. The summed E-state index contributed by atoms with van der Waals surface area (Å²) in [6.45, 7) is 4.20. The summed E-state index contributed by atoms with van der Waals surface area (Å²) in [5, 5.41) is 1.61. The third-order valence-electron chi connectivity index (χ3n) is 5.83. The van der Waals surface area contributed by atoms with Crippen LogP contribution >= 0.6 is 11.8 Å². The van der Waals surface area contributed by atoms with Crippen molar-refractivity contribution in [1.82, 2.24) is 9.97 Å². The van der Waals surface area contributed by atoms with Crippen LogP contribution in [0.25, 0.3) is 10.9 Å². The van der Waals surface area contributed by atoms with Gasteiger partial charge in [0.15, 0.2) is 5.78 Å². The van der Waals surface area contributed by atoms with Crippen LogP contribution in [0.5, 0.6) is 0 Å². The quantitative estimate of drug-likeness (QED) is 0.340. The van der Waals surface area contributed by atoms with Crippen LogP contribution < -0.4 is 4.90 Å². The van der Waals surface area contributed by atoms with E-state index in [1.165, 1.54) is 11.8 Å². The number of carbonyl (C=O) groups is 2. The van der Waals surface area contributed by atoms with Crippen LogP contribution in [0, 0.1) is 0 Å². The van der Waals surface area contributed by atoms with E-state index in [0.29, 0.717) is 18.0 Å². The third-order valence-corrected chi connectivity index (χ3v) is 6.93. The number of fused-ring (bicyclic) bond motifs is 2. The highest BCUT2D eigenvalue weighted by molar-refractivity contribution is 8.00. The lowest BCUT2D eigenvalue weighted by molar-refractivity contribution is -0.116. The molecule has 2 aliphatic rings. The van der Waals surface area contributed by atoms with E-state index in [2.05, 4.69) is 0 Å². The van der Waals surface area contributed by atoms with Crippen LogP contribution in [0.4, 0.5) is 5.69 Å². The average molecular weight is 418 g/mol. The molecule has 5 rings (SSSR count). The van der Waals surface area contributed by atoms with Gasteiger partial charge in [-0.25, -0.2) is 9.97 Å². The molecule has 3 aromatic rings. The second-order valence-corrected chi connectivity index (χ2v) is 9.40. The lowest BCUT2D eigenvalue weighted by atomic mass is 10.0. The van der Waals surface area contributed by atoms with Gasteiger partial charge in [-0.2, -0.15) is 0 Å². The summed E-state index contributed by atoms with van der Waals surface area (Å²) in [5.74, 6) is 1.48. The molecule has 1 unspecified atom stereocenters. The van der Waals surface area contributed by atoms with E-state index in [1.807, 2.05) is 49.4 Å². The molecule has 152 valence electrons. The van der Waals surface area contributed by atoms with E-state index >= 15 is 0 Å². The number of thioether (sulfide) groups is 1. The minimum atomic E-state index is -0.265. The molecule has 0 bridgehead atoms. The molecule has 2 aromatic carbocycles. The number of rotatable bonds is 5. The van der Waals surface area contributed by atoms with E-state index in [4.69, 9.17) is 9.97 Å². The van der Waals surface area contributed by atoms with Crippen molar-refractivity contribution in [2.24, 2.45) is 0 Å². The summed E-state index contributed by atoms with van der Waals surface area (Å²) in [6, 6.07) is 13.7. The van der Waals surface area contributed by atoms with Gasteiger partial charge >= 0.3 is 0 Å². The van der Waals surface area contributed by atoms with E-state index < -0.39 is 0 Å². The number of anilines is 1. The number of para-hydroxylation sites is 1. The molecule has 1 saturated carbocycles. The highest BCUT2D eigenvalue weighted by atomic mass is 32.2. The summed E-state index contributed by atoms with van der Waals surface area (Å²) < 4.78 is 0. The number of amides is 1. The molecular weight excluding hydrogens is 394 g/mol. The molecule has 1 amide bonds. The molecular formula is C24H23N3O2S. The van der Waals surface area contributed by atoms with Crippen molar-refractivity contribution < 1.29 is 9.59 Å². The largest absolute Gasteiger partial charge is 0.312 e. The van der Waals surface area contributed by atoms with Gasteiger partial charge in [0.25, 0.3) is 0 Å². The monoisotopic (exact) mass is 417 g/mol. The maximum absolute atomic E-state index is 13.2. The fourth-order valence-electron chi connectivity index (χ4n) is 4.02. The maximum atomic E-state index is 13.2. The summed E-state index contributed by atoms with van der Waals surface area (Å²) in [5.41, 5.74) is 3.63. The normalized spacial score (nSPS) is 16.5. The van der Waals surface area contributed by atoms with Crippen LogP contribution in [0.2, 0.25) is 0 Å². The lowest BCUT2D eigenvalue weighted by Crippen LogP contribution is -2.25. The fourth-order valence-corrected chi connectivity index (χ4v) is 5.04. The Morgan fingerprint density at radius 3 is 2.70 bits per heavy atom. The summed E-state index contributed by atoms with van der Waals surface area (Å²) in [4.78, 5) is 36.3. The number of benzene rings is 2. The maximum Gasteiger partial charge on any atom is 0.223 e. The number of ketones is 1. The molecule has 1 fully saturated rings. The Labute approximate surface area is 179 Å². The Balaban J connectivity index is 1.41. The first kappa shape index (κ1) is 19.2. The lowest BCUT2D eigenvalue weighted by Gasteiger charge is -2.16. The van der Waals surface area contributed by atoms with Crippen molar-refractivity contribution in [2.45, 2.75) is 49.3 Å². The Morgan fingerprint density at radius 2 is 1.93 bits per heavy atom. The van der Waals surface area contributed by atoms with Gasteiger partial charge in [0.05, 0.1) is 10.8 Å². The minimum Gasteiger partial charge on any atom is -0.312 e. The summed E-state index contributed by atoms with van der Waals surface area (Å²) in [6.07, 6.45) is 3.07. The molecule has 30 heavy (non-hydrogen) atoms. The highest BCUT2D eigenvalue weighted by Gasteiger charge is 2.29. The van der Waals surface area contributed by atoms with Gasteiger partial charge in [0.1, 0.15) is 10.9 Å². The predicted octanol–water partition coefficient (Wildman–Crippen LogP) is 4.78. The van der Waals surface area contributed by atoms with Crippen LogP contribution in [0.1, 0.15) is 54.4 Å². The van der Waals surface area contributed by atoms with Gasteiger partial charge in [0, 0.05) is 36.0 Å².